The highest BCUT2D eigenvalue weighted by Gasteiger charge is 2.32. The van der Waals surface area contributed by atoms with Crippen molar-refractivity contribution in [3.63, 3.8) is 0 Å². The zero-order valence-electron chi connectivity index (χ0n) is 14.1. The summed E-state index contributed by atoms with van der Waals surface area (Å²) in [5.41, 5.74) is 0.938. The van der Waals surface area contributed by atoms with E-state index in [1.807, 2.05) is 37.4 Å². The molecular formula is C18H25NO5. The lowest BCUT2D eigenvalue weighted by atomic mass is 10.0. The Morgan fingerprint density at radius 3 is 2.79 bits per heavy atom. The first-order chi connectivity index (χ1) is 11.7. The molecule has 0 saturated carbocycles. The summed E-state index contributed by atoms with van der Waals surface area (Å²) < 4.78 is 16.9. The van der Waals surface area contributed by atoms with Gasteiger partial charge in [-0.05, 0) is 6.08 Å². The average Bonchev–Trinajstić information content (AvgIpc) is 2.61. The van der Waals surface area contributed by atoms with Crippen LogP contribution in [0.15, 0.2) is 42.6 Å². The van der Waals surface area contributed by atoms with Crippen LogP contribution in [-0.4, -0.2) is 61.9 Å². The molecule has 1 fully saturated rings. The van der Waals surface area contributed by atoms with Crippen molar-refractivity contribution in [1.29, 1.82) is 0 Å². The van der Waals surface area contributed by atoms with E-state index >= 15 is 0 Å². The summed E-state index contributed by atoms with van der Waals surface area (Å²) in [5, 5.41) is 10.3. The van der Waals surface area contributed by atoms with Gasteiger partial charge in [0.25, 0.3) is 0 Å². The number of carbonyl (C=O) groups excluding carboxylic acids is 1. The average molecular weight is 335 g/mol. The number of benzene rings is 1. The normalized spacial score (nSPS) is 25.5. The number of rotatable bonds is 8. The second-order valence-electron chi connectivity index (χ2n) is 5.78. The van der Waals surface area contributed by atoms with E-state index in [0.29, 0.717) is 25.9 Å². The number of methoxy groups -OCH3 is 1. The molecule has 2 rings (SSSR count). The van der Waals surface area contributed by atoms with Gasteiger partial charge in [0.2, 0.25) is 0 Å². The van der Waals surface area contributed by atoms with Gasteiger partial charge in [0.1, 0.15) is 6.29 Å². The number of likely N-dealkylation sites (N-methyl/N-ethyl adjacent to an activating group) is 1. The molecular weight excluding hydrogens is 310 g/mol. The van der Waals surface area contributed by atoms with Gasteiger partial charge in [0.05, 0.1) is 31.5 Å². The first-order valence-electron chi connectivity index (χ1n) is 7.98. The summed E-state index contributed by atoms with van der Waals surface area (Å²) >= 11 is 0. The number of allylic oxidation sites excluding steroid dienone is 1. The van der Waals surface area contributed by atoms with E-state index in [2.05, 4.69) is 0 Å². The maximum atomic E-state index is 10.4. The van der Waals surface area contributed by atoms with Gasteiger partial charge in [0.15, 0.2) is 6.29 Å². The van der Waals surface area contributed by atoms with Crippen molar-refractivity contribution in [2.24, 2.45) is 0 Å². The summed E-state index contributed by atoms with van der Waals surface area (Å²) in [7, 11) is 3.41. The molecule has 1 N–H and O–H groups in total. The van der Waals surface area contributed by atoms with Gasteiger partial charge in [-0.15, -0.1) is 0 Å². The van der Waals surface area contributed by atoms with Gasteiger partial charge in [-0.25, -0.2) is 0 Å². The third-order valence-electron chi connectivity index (χ3n) is 4.09. The molecule has 1 aliphatic rings. The molecule has 0 radical (unpaired) electrons. The first-order valence-corrected chi connectivity index (χ1v) is 7.98. The molecule has 6 nitrogen and oxygen atoms in total. The quantitative estimate of drug-likeness (QED) is 0.441. The summed E-state index contributed by atoms with van der Waals surface area (Å²) in [6.07, 6.45) is 3.00. The lowest BCUT2D eigenvalue weighted by Gasteiger charge is -2.38. The van der Waals surface area contributed by atoms with Crippen molar-refractivity contribution in [3.8, 4) is 0 Å². The van der Waals surface area contributed by atoms with E-state index in [4.69, 9.17) is 14.2 Å². The van der Waals surface area contributed by atoms with Crippen molar-refractivity contribution in [2.75, 3.05) is 27.4 Å². The number of nitrogens with zero attached hydrogens (tertiary/aromatic N) is 1. The smallest absolute Gasteiger partial charge is 0.183 e. The van der Waals surface area contributed by atoms with Crippen molar-refractivity contribution >= 4 is 6.29 Å². The molecule has 0 aromatic heterocycles. The maximum Gasteiger partial charge on any atom is 0.183 e. The molecule has 1 unspecified atom stereocenters. The van der Waals surface area contributed by atoms with Crippen LogP contribution >= 0.6 is 0 Å². The predicted molar refractivity (Wildman–Crippen MR) is 89.3 cm³/mol. The van der Waals surface area contributed by atoms with Crippen LogP contribution in [0.4, 0.5) is 0 Å². The molecule has 1 aliphatic heterocycles. The Balaban J connectivity index is 1.83. The highest BCUT2D eigenvalue weighted by Crippen LogP contribution is 2.22. The van der Waals surface area contributed by atoms with Crippen molar-refractivity contribution < 1.29 is 24.1 Å². The third kappa shape index (κ3) is 5.14. The molecule has 0 aliphatic carbocycles. The van der Waals surface area contributed by atoms with Gasteiger partial charge < -0.3 is 24.2 Å². The summed E-state index contributed by atoms with van der Waals surface area (Å²) in [5.74, 6) is 0. The molecule has 1 saturated heterocycles. The second kappa shape index (κ2) is 9.54. The molecule has 0 spiro atoms. The zero-order valence-corrected chi connectivity index (χ0v) is 14.1. The molecule has 6 heteroatoms. The van der Waals surface area contributed by atoms with Crippen molar-refractivity contribution in [3.05, 3.63) is 48.2 Å². The Labute approximate surface area is 142 Å². The van der Waals surface area contributed by atoms with Gasteiger partial charge in [-0.3, -0.25) is 4.79 Å². The third-order valence-corrected chi connectivity index (χ3v) is 4.09. The van der Waals surface area contributed by atoms with E-state index in [9.17, 15) is 9.90 Å². The molecule has 1 aromatic carbocycles. The Morgan fingerprint density at radius 1 is 1.42 bits per heavy atom. The number of hydrogen-bond donors (Lipinski definition) is 1. The monoisotopic (exact) mass is 335 g/mol. The van der Waals surface area contributed by atoms with Crippen LogP contribution in [0.1, 0.15) is 18.3 Å². The van der Waals surface area contributed by atoms with Crippen LogP contribution in [0, 0.1) is 0 Å². The van der Waals surface area contributed by atoms with E-state index in [1.54, 1.807) is 18.2 Å². The largest absolute Gasteiger partial charge is 0.391 e. The second-order valence-corrected chi connectivity index (χ2v) is 5.78. The van der Waals surface area contributed by atoms with Crippen molar-refractivity contribution in [1.82, 2.24) is 4.90 Å². The Morgan fingerprint density at radius 2 is 2.17 bits per heavy atom. The Hall–Kier alpha value is -1.73. The number of hydrogen-bond acceptors (Lipinski definition) is 6. The lowest BCUT2D eigenvalue weighted by molar-refractivity contribution is -0.172. The van der Waals surface area contributed by atoms with Gasteiger partial charge in [-0.2, -0.15) is 0 Å². The van der Waals surface area contributed by atoms with Gasteiger partial charge in [-0.1, -0.05) is 30.3 Å². The fourth-order valence-electron chi connectivity index (χ4n) is 2.73. The summed E-state index contributed by atoms with van der Waals surface area (Å²) in [6.45, 7) is 0.711. The SMILES string of the molecule is COC(OC[C@@H]1C[C@H](O)[C@H](N(C)/C=C\C=O)CO1)c1ccccc1. The molecule has 0 amide bonds. The Kier molecular flexibility index (Phi) is 7.39. The minimum absolute atomic E-state index is 0.176. The lowest BCUT2D eigenvalue weighted by Crippen LogP contribution is -2.49. The van der Waals surface area contributed by atoms with Crippen LogP contribution in [0.3, 0.4) is 0 Å². The van der Waals surface area contributed by atoms with Gasteiger partial charge >= 0.3 is 0 Å². The molecule has 1 heterocycles. The predicted octanol–water partition coefficient (Wildman–Crippen LogP) is 1.51. The minimum atomic E-state index is -0.550. The molecule has 4 atom stereocenters. The highest BCUT2D eigenvalue weighted by atomic mass is 16.7. The maximum absolute atomic E-state index is 10.4. The molecule has 24 heavy (non-hydrogen) atoms. The number of aliphatic hydroxyl groups excluding tert-OH is 1. The number of ether oxygens (including phenoxy) is 3. The van der Waals surface area contributed by atoms with Crippen LogP contribution in [0.2, 0.25) is 0 Å². The molecule has 0 bridgehead atoms. The highest BCUT2D eigenvalue weighted by molar-refractivity contribution is 5.64. The summed E-state index contributed by atoms with van der Waals surface area (Å²) in [4.78, 5) is 12.2. The van der Waals surface area contributed by atoms with E-state index in [1.165, 1.54) is 6.08 Å². The van der Waals surface area contributed by atoms with Crippen LogP contribution in [-0.2, 0) is 19.0 Å². The number of carbonyl (C=O) groups is 1. The molecule has 132 valence electrons. The van der Waals surface area contributed by atoms with E-state index in [0.717, 1.165) is 5.56 Å². The fraction of sp³-hybridized carbons (Fsp3) is 0.500. The van der Waals surface area contributed by atoms with Gasteiger partial charge in [0, 0.05) is 32.3 Å². The van der Waals surface area contributed by atoms with E-state index < -0.39 is 12.4 Å². The standard InChI is InChI=1S/C18H25NO5/c1-19(9-6-10-20)16-13-23-15(11-17(16)21)12-24-18(22-2)14-7-4-3-5-8-14/h3-10,15-18,21H,11-13H2,1-2H3/b9-6-/t15-,16+,17-,18?/m0/s1. The first kappa shape index (κ1) is 18.6. The minimum Gasteiger partial charge on any atom is -0.391 e. The van der Waals surface area contributed by atoms with Crippen molar-refractivity contribution in [2.45, 2.75) is 31.0 Å². The number of aliphatic hydroxyl groups is 1. The molecule has 1 aromatic rings. The van der Waals surface area contributed by atoms with Crippen LogP contribution < -0.4 is 0 Å². The fourth-order valence-corrected chi connectivity index (χ4v) is 2.73. The number of aldehydes is 1. The summed E-state index contributed by atoms with van der Waals surface area (Å²) in [6, 6.07) is 9.50. The Bertz CT molecular complexity index is 521. The van der Waals surface area contributed by atoms with Crippen LogP contribution in [0.5, 0.6) is 0 Å². The van der Waals surface area contributed by atoms with Crippen LogP contribution in [0.25, 0.3) is 0 Å². The topological polar surface area (TPSA) is 68.2 Å². The van der Waals surface area contributed by atoms with E-state index in [-0.39, 0.29) is 12.1 Å². The zero-order chi connectivity index (χ0) is 17.4.